The summed E-state index contributed by atoms with van der Waals surface area (Å²) in [6, 6.07) is 5.90. The quantitative estimate of drug-likeness (QED) is 0.771. The van der Waals surface area contributed by atoms with Gasteiger partial charge in [-0.05, 0) is 42.4 Å². The number of benzene rings is 1. The number of aryl methyl sites for hydroxylation is 1. The molecule has 0 bridgehead atoms. The average Bonchev–Trinajstić information content (AvgIpc) is 2.08. The van der Waals surface area contributed by atoms with Crippen molar-refractivity contribution in [1.82, 2.24) is 0 Å². The van der Waals surface area contributed by atoms with E-state index in [1.165, 1.54) is 12.0 Å². The van der Waals surface area contributed by atoms with E-state index >= 15 is 0 Å². The van der Waals surface area contributed by atoms with Gasteiger partial charge >= 0.3 is 0 Å². The van der Waals surface area contributed by atoms with Gasteiger partial charge in [-0.15, -0.1) is 0 Å². The highest BCUT2D eigenvalue weighted by Gasteiger charge is 2.08. The van der Waals surface area contributed by atoms with Gasteiger partial charge in [0.2, 0.25) is 0 Å². The first-order valence-electron chi connectivity index (χ1n) is 5.30. The summed E-state index contributed by atoms with van der Waals surface area (Å²) >= 11 is 0. The number of aromatic hydroxyl groups is 1. The van der Waals surface area contributed by atoms with Crippen LogP contribution in [0.2, 0.25) is 0 Å². The fourth-order valence-electron chi connectivity index (χ4n) is 1.83. The maximum Gasteiger partial charge on any atom is 0.118 e. The van der Waals surface area contributed by atoms with Gasteiger partial charge in [0.05, 0.1) is 0 Å². The molecule has 0 aliphatic heterocycles. The minimum atomic E-state index is 0.394. The Morgan fingerprint density at radius 3 is 2.36 bits per heavy atom. The van der Waals surface area contributed by atoms with Crippen molar-refractivity contribution in [2.45, 2.75) is 40.0 Å². The molecule has 0 fully saturated rings. The van der Waals surface area contributed by atoms with Gasteiger partial charge in [0.25, 0.3) is 0 Å². The third-order valence-corrected chi connectivity index (χ3v) is 2.61. The van der Waals surface area contributed by atoms with Gasteiger partial charge in [-0.1, -0.05) is 32.9 Å². The van der Waals surface area contributed by atoms with Gasteiger partial charge in [0, 0.05) is 0 Å². The lowest BCUT2D eigenvalue weighted by Crippen LogP contribution is -1.98. The molecule has 1 unspecified atom stereocenters. The Morgan fingerprint density at radius 2 is 1.86 bits per heavy atom. The minimum Gasteiger partial charge on any atom is -0.508 e. The highest BCUT2D eigenvalue weighted by atomic mass is 16.3. The minimum absolute atomic E-state index is 0.394. The van der Waals surface area contributed by atoms with E-state index in [2.05, 4.69) is 26.8 Å². The molecular weight excluding hydrogens is 172 g/mol. The zero-order valence-electron chi connectivity index (χ0n) is 9.54. The van der Waals surface area contributed by atoms with Crippen LogP contribution in [0.3, 0.4) is 0 Å². The van der Waals surface area contributed by atoms with Crippen LogP contribution >= 0.6 is 0 Å². The zero-order chi connectivity index (χ0) is 10.7. The monoisotopic (exact) mass is 192 g/mol. The Labute approximate surface area is 86.8 Å². The van der Waals surface area contributed by atoms with E-state index in [1.54, 1.807) is 6.07 Å². The Morgan fingerprint density at radius 1 is 1.21 bits per heavy atom. The fourth-order valence-corrected chi connectivity index (χ4v) is 1.83. The third-order valence-electron chi connectivity index (χ3n) is 2.61. The van der Waals surface area contributed by atoms with Crippen molar-refractivity contribution >= 4 is 0 Å². The predicted octanol–water partition coefficient (Wildman–Crippen LogP) is 3.85. The van der Waals surface area contributed by atoms with E-state index in [4.69, 9.17) is 0 Å². The summed E-state index contributed by atoms with van der Waals surface area (Å²) in [5, 5.41) is 9.41. The van der Waals surface area contributed by atoms with E-state index < -0.39 is 0 Å². The summed E-state index contributed by atoms with van der Waals surface area (Å²) in [5.41, 5.74) is 2.30. The second-order valence-corrected chi connectivity index (χ2v) is 4.58. The molecule has 0 aliphatic carbocycles. The predicted molar refractivity (Wildman–Crippen MR) is 60.7 cm³/mol. The maximum atomic E-state index is 9.41. The number of phenols is 1. The van der Waals surface area contributed by atoms with Crippen LogP contribution in [0, 0.1) is 12.8 Å². The fraction of sp³-hybridized carbons (Fsp3) is 0.538. The normalized spacial score (nSPS) is 13.2. The standard InChI is InChI=1S/C13H20O/c1-9(2)7-10(3)12-5-6-13(14)11(4)8-12/h5-6,8-10,14H,7H2,1-4H3. The van der Waals surface area contributed by atoms with Gasteiger partial charge in [0.15, 0.2) is 0 Å². The molecule has 0 amide bonds. The van der Waals surface area contributed by atoms with Crippen LogP contribution in [0.1, 0.15) is 44.2 Å². The van der Waals surface area contributed by atoms with Crippen molar-refractivity contribution in [2.75, 3.05) is 0 Å². The van der Waals surface area contributed by atoms with Crippen molar-refractivity contribution in [3.63, 3.8) is 0 Å². The first-order valence-corrected chi connectivity index (χ1v) is 5.30. The van der Waals surface area contributed by atoms with E-state index in [1.807, 2.05) is 13.0 Å². The molecule has 1 N–H and O–H groups in total. The number of rotatable bonds is 3. The highest BCUT2D eigenvalue weighted by Crippen LogP contribution is 2.26. The van der Waals surface area contributed by atoms with E-state index in [-0.39, 0.29) is 0 Å². The second kappa shape index (κ2) is 4.50. The molecule has 0 spiro atoms. The van der Waals surface area contributed by atoms with Crippen LogP contribution in [0.25, 0.3) is 0 Å². The Hall–Kier alpha value is -0.980. The lowest BCUT2D eigenvalue weighted by Gasteiger charge is -2.15. The zero-order valence-corrected chi connectivity index (χ0v) is 9.54. The summed E-state index contributed by atoms with van der Waals surface area (Å²) < 4.78 is 0. The van der Waals surface area contributed by atoms with E-state index in [9.17, 15) is 5.11 Å². The van der Waals surface area contributed by atoms with Crippen LogP contribution in [-0.2, 0) is 0 Å². The first kappa shape index (κ1) is 11.1. The van der Waals surface area contributed by atoms with Crippen LogP contribution in [-0.4, -0.2) is 5.11 Å². The first-order chi connectivity index (χ1) is 6.50. The van der Waals surface area contributed by atoms with Crippen molar-refractivity contribution in [1.29, 1.82) is 0 Å². The SMILES string of the molecule is Cc1cc(C(C)CC(C)C)ccc1O. The summed E-state index contributed by atoms with van der Waals surface area (Å²) in [4.78, 5) is 0. The summed E-state index contributed by atoms with van der Waals surface area (Å²) in [6.45, 7) is 8.67. The van der Waals surface area contributed by atoms with Crippen LogP contribution < -0.4 is 0 Å². The summed E-state index contributed by atoms with van der Waals surface area (Å²) in [5.74, 6) is 1.69. The molecular formula is C13H20O. The van der Waals surface area contributed by atoms with Crippen LogP contribution in [0.4, 0.5) is 0 Å². The molecule has 0 aliphatic rings. The summed E-state index contributed by atoms with van der Waals surface area (Å²) in [6.07, 6.45) is 1.20. The number of phenolic OH excluding ortho intramolecular Hbond substituents is 1. The van der Waals surface area contributed by atoms with E-state index in [0.29, 0.717) is 11.7 Å². The van der Waals surface area contributed by atoms with Gasteiger partial charge in [0.1, 0.15) is 5.75 Å². The Kier molecular flexibility index (Phi) is 3.56. The molecule has 0 saturated heterocycles. The molecule has 78 valence electrons. The van der Waals surface area contributed by atoms with Gasteiger partial charge in [-0.25, -0.2) is 0 Å². The number of hydrogen-bond acceptors (Lipinski definition) is 1. The average molecular weight is 192 g/mol. The lowest BCUT2D eigenvalue weighted by molar-refractivity contribution is 0.469. The van der Waals surface area contributed by atoms with Crippen LogP contribution in [0.15, 0.2) is 18.2 Å². The lowest BCUT2D eigenvalue weighted by atomic mass is 9.91. The molecule has 1 aromatic rings. The molecule has 1 aromatic carbocycles. The van der Waals surface area contributed by atoms with Gasteiger partial charge in [-0.3, -0.25) is 0 Å². The van der Waals surface area contributed by atoms with Crippen LogP contribution in [0.5, 0.6) is 5.75 Å². The molecule has 0 radical (unpaired) electrons. The largest absolute Gasteiger partial charge is 0.508 e. The van der Waals surface area contributed by atoms with Crippen molar-refractivity contribution in [3.8, 4) is 5.75 Å². The molecule has 0 aromatic heterocycles. The van der Waals surface area contributed by atoms with Gasteiger partial charge in [-0.2, -0.15) is 0 Å². The molecule has 1 heteroatoms. The van der Waals surface area contributed by atoms with Crippen molar-refractivity contribution in [2.24, 2.45) is 5.92 Å². The highest BCUT2D eigenvalue weighted by molar-refractivity contribution is 5.36. The Bertz CT molecular complexity index is 302. The van der Waals surface area contributed by atoms with Gasteiger partial charge < -0.3 is 5.11 Å². The van der Waals surface area contributed by atoms with E-state index in [0.717, 1.165) is 11.5 Å². The molecule has 0 heterocycles. The molecule has 1 rings (SSSR count). The Balaban J connectivity index is 2.80. The number of hydrogen-bond donors (Lipinski definition) is 1. The second-order valence-electron chi connectivity index (χ2n) is 4.58. The summed E-state index contributed by atoms with van der Waals surface area (Å²) in [7, 11) is 0. The maximum absolute atomic E-state index is 9.41. The molecule has 1 atom stereocenters. The smallest absolute Gasteiger partial charge is 0.118 e. The third kappa shape index (κ3) is 2.76. The topological polar surface area (TPSA) is 20.2 Å². The van der Waals surface area contributed by atoms with Crippen molar-refractivity contribution in [3.05, 3.63) is 29.3 Å². The van der Waals surface area contributed by atoms with Crippen molar-refractivity contribution < 1.29 is 5.11 Å². The molecule has 14 heavy (non-hydrogen) atoms. The molecule has 0 saturated carbocycles. The molecule has 1 nitrogen and oxygen atoms in total.